The van der Waals surface area contributed by atoms with E-state index in [4.69, 9.17) is 10.5 Å². The van der Waals surface area contributed by atoms with E-state index >= 15 is 0 Å². The predicted molar refractivity (Wildman–Crippen MR) is 105 cm³/mol. The average Bonchev–Trinajstić information content (AvgIpc) is 2.98. The monoisotopic (exact) mass is 397 g/mol. The second-order valence-electron chi connectivity index (χ2n) is 9.08. The molecule has 1 rings (SSSR count). The molecule has 0 aromatic carbocycles. The van der Waals surface area contributed by atoms with Crippen LogP contribution in [0.2, 0.25) is 0 Å². The number of amides is 3. The summed E-state index contributed by atoms with van der Waals surface area (Å²) < 4.78 is 5.26. The van der Waals surface area contributed by atoms with Crippen LogP contribution in [0.15, 0.2) is 0 Å². The molecule has 3 atom stereocenters. The molecule has 1 heterocycles. The Kier molecular flexibility index (Phi) is 8.02. The van der Waals surface area contributed by atoms with Gasteiger partial charge in [-0.2, -0.15) is 0 Å². The van der Waals surface area contributed by atoms with Gasteiger partial charge in [0.2, 0.25) is 11.8 Å². The van der Waals surface area contributed by atoms with Gasteiger partial charge >= 0.3 is 6.09 Å². The van der Waals surface area contributed by atoms with E-state index in [-0.39, 0.29) is 23.5 Å². The van der Waals surface area contributed by atoms with Crippen molar-refractivity contribution in [2.24, 2.45) is 23.5 Å². The summed E-state index contributed by atoms with van der Waals surface area (Å²) in [5.74, 6) is -2.73. The largest absolute Gasteiger partial charge is 0.444 e. The van der Waals surface area contributed by atoms with Crippen LogP contribution in [0.1, 0.15) is 61.3 Å². The topological polar surface area (TPSA) is 119 Å². The first-order valence-corrected chi connectivity index (χ1v) is 9.89. The van der Waals surface area contributed by atoms with Crippen LogP contribution < -0.4 is 11.1 Å². The number of nitrogens with zero attached hydrogens (tertiary/aromatic N) is 1. The number of hydrogen-bond donors (Lipinski definition) is 2. The number of carbonyl (C=O) groups is 4. The Morgan fingerprint density at radius 2 is 1.64 bits per heavy atom. The lowest BCUT2D eigenvalue weighted by atomic mass is 9.86. The molecule has 1 unspecified atom stereocenters. The molecule has 1 saturated heterocycles. The second kappa shape index (κ2) is 9.39. The van der Waals surface area contributed by atoms with Crippen LogP contribution in [0.3, 0.4) is 0 Å². The number of Topliss-reactive ketones (excluding diaryl/α,β-unsaturated/α-hetero) is 1. The highest BCUT2D eigenvalue weighted by Crippen LogP contribution is 2.26. The number of hydrogen-bond acceptors (Lipinski definition) is 5. The van der Waals surface area contributed by atoms with Gasteiger partial charge in [-0.05, 0) is 45.4 Å². The van der Waals surface area contributed by atoms with Gasteiger partial charge in [0.15, 0.2) is 5.78 Å². The molecule has 3 amide bonds. The highest BCUT2D eigenvalue weighted by Gasteiger charge is 2.43. The molecule has 28 heavy (non-hydrogen) atoms. The predicted octanol–water partition coefficient (Wildman–Crippen LogP) is 1.85. The SMILES string of the molecule is CC(C)C(C(N)=O)C(=O)[C@@H]1CCCN1C(=O)[C@@H](NC(=O)OC(C)(C)C)C(C)C. The average molecular weight is 398 g/mol. The van der Waals surface area contributed by atoms with Gasteiger partial charge < -0.3 is 20.7 Å². The maximum absolute atomic E-state index is 13.2. The lowest BCUT2D eigenvalue weighted by Crippen LogP contribution is -2.55. The quantitative estimate of drug-likeness (QED) is 0.636. The molecule has 8 nitrogen and oxygen atoms in total. The summed E-state index contributed by atoms with van der Waals surface area (Å²) in [4.78, 5) is 51.5. The molecule has 1 fully saturated rings. The summed E-state index contributed by atoms with van der Waals surface area (Å²) in [7, 11) is 0. The van der Waals surface area contributed by atoms with Gasteiger partial charge in [-0.3, -0.25) is 14.4 Å². The fourth-order valence-corrected chi connectivity index (χ4v) is 3.46. The summed E-state index contributed by atoms with van der Waals surface area (Å²) in [6.45, 7) is 12.8. The Labute approximate surface area is 167 Å². The van der Waals surface area contributed by atoms with Gasteiger partial charge in [-0.25, -0.2) is 4.79 Å². The van der Waals surface area contributed by atoms with Crippen molar-refractivity contribution < 1.29 is 23.9 Å². The Bertz CT molecular complexity index is 609. The third-order valence-electron chi connectivity index (χ3n) is 4.75. The van der Waals surface area contributed by atoms with Crippen LogP contribution >= 0.6 is 0 Å². The fraction of sp³-hybridized carbons (Fsp3) is 0.800. The first kappa shape index (κ1) is 23.9. The van der Waals surface area contributed by atoms with Crippen LogP contribution in [0.25, 0.3) is 0 Å². The van der Waals surface area contributed by atoms with Crippen molar-refractivity contribution in [1.29, 1.82) is 0 Å². The fourth-order valence-electron chi connectivity index (χ4n) is 3.46. The van der Waals surface area contributed by atoms with E-state index in [1.165, 1.54) is 4.90 Å². The van der Waals surface area contributed by atoms with Gasteiger partial charge in [0.1, 0.15) is 17.6 Å². The number of carbonyl (C=O) groups excluding carboxylic acids is 4. The van der Waals surface area contributed by atoms with Crippen LogP contribution in [-0.4, -0.2) is 52.8 Å². The summed E-state index contributed by atoms with van der Waals surface area (Å²) >= 11 is 0. The van der Waals surface area contributed by atoms with Crippen molar-refractivity contribution in [2.75, 3.05) is 6.54 Å². The minimum absolute atomic E-state index is 0.201. The molecule has 0 radical (unpaired) electrons. The van der Waals surface area contributed by atoms with E-state index in [2.05, 4.69) is 5.32 Å². The molecule has 8 heteroatoms. The molecule has 0 saturated carbocycles. The van der Waals surface area contributed by atoms with Gasteiger partial charge in [-0.15, -0.1) is 0 Å². The molecule has 0 aliphatic carbocycles. The molecule has 1 aliphatic rings. The van der Waals surface area contributed by atoms with Crippen molar-refractivity contribution in [3.8, 4) is 0 Å². The Hall–Kier alpha value is -2.12. The molecule has 0 bridgehead atoms. The number of likely N-dealkylation sites (tertiary alicyclic amines) is 1. The number of primary amides is 1. The smallest absolute Gasteiger partial charge is 0.408 e. The van der Waals surface area contributed by atoms with Gasteiger partial charge in [-0.1, -0.05) is 27.7 Å². The van der Waals surface area contributed by atoms with Crippen LogP contribution in [0.4, 0.5) is 4.79 Å². The zero-order valence-electron chi connectivity index (χ0n) is 18.1. The van der Waals surface area contributed by atoms with Crippen LogP contribution in [0.5, 0.6) is 0 Å². The van der Waals surface area contributed by atoms with Gasteiger partial charge in [0.05, 0.1) is 6.04 Å². The lowest BCUT2D eigenvalue weighted by Gasteiger charge is -2.32. The number of nitrogens with two attached hydrogens (primary N) is 1. The maximum Gasteiger partial charge on any atom is 0.408 e. The summed E-state index contributed by atoms with van der Waals surface area (Å²) in [5.41, 5.74) is 4.74. The van der Waals surface area contributed by atoms with Crippen molar-refractivity contribution in [3.05, 3.63) is 0 Å². The molecular formula is C20H35N3O5. The number of alkyl carbamates (subject to hydrolysis) is 1. The highest BCUT2D eigenvalue weighted by molar-refractivity contribution is 6.05. The minimum Gasteiger partial charge on any atom is -0.444 e. The Balaban J connectivity index is 3.00. The Morgan fingerprint density at radius 1 is 1.07 bits per heavy atom. The zero-order chi connectivity index (χ0) is 21.8. The maximum atomic E-state index is 13.2. The number of ketones is 1. The number of rotatable bonds is 7. The van der Waals surface area contributed by atoms with Crippen molar-refractivity contribution in [2.45, 2.75) is 79.0 Å². The molecule has 3 N–H and O–H groups in total. The first-order valence-electron chi connectivity index (χ1n) is 9.89. The Morgan fingerprint density at radius 3 is 2.07 bits per heavy atom. The third-order valence-corrected chi connectivity index (χ3v) is 4.75. The van der Waals surface area contributed by atoms with Crippen LogP contribution in [0, 0.1) is 17.8 Å². The molecule has 0 spiro atoms. The molecular weight excluding hydrogens is 362 g/mol. The van der Waals surface area contributed by atoms with Crippen molar-refractivity contribution in [3.63, 3.8) is 0 Å². The second-order valence-corrected chi connectivity index (χ2v) is 9.08. The van der Waals surface area contributed by atoms with E-state index < -0.39 is 35.6 Å². The van der Waals surface area contributed by atoms with Crippen molar-refractivity contribution in [1.82, 2.24) is 10.2 Å². The van der Waals surface area contributed by atoms with Gasteiger partial charge in [0, 0.05) is 6.54 Å². The molecule has 160 valence electrons. The van der Waals surface area contributed by atoms with E-state index in [1.54, 1.807) is 34.6 Å². The van der Waals surface area contributed by atoms with E-state index in [0.717, 1.165) is 0 Å². The number of ether oxygens (including phenoxy) is 1. The van der Waals surface area contributed by atoms with Gasteiger partial charge in [0.25, 0.3) is 0 Å². The number of nitrogens with one attached hydrogen (secondary N) is 1. The van der Waals surface area contributed by atoms with E-state index in [1.807, 2.05) is 13.8 Å². The molecule has 0 aromatic heterocycles. The molecule has 0 aromatic rings. The molecule has 1 aliphatic heterocycles. The minimum atomic E-state index is -0.935. The summed E-state index contributed by atoms with van der Waals surface area (Å²) in [6.07, 6.45) is 0.459. The zero-order valence-corrected chi connectivity index (χ0v) is 18.1. The third kappa shape index (κ3) is 6.21. The summed E-state index contributed by atoms with van der Waals surface area (Å²) in [5, 5.41) is 2.63. The summed E-state index contributed by atoms with van der Waals surface area (Å²) in [6, 6.07) is -1.52. The van der Waals surface area contributed by atoms with E-state index in [9.17, 15) is 19.2 Å². The highest BCUT2D eigenvalue weighted by atomic mass is 16.6. The first-order chi connectivity index (χ1) is 12.8. The standard InChI is InChI=1S/C20H35N3O5/c1-11(2)14(17(21)25)16(24)13-9-8-10-23(13)18(26)15(12(3)4)22-19(27)28-20(5,6)7/h11-15H,8-10H2,1-7H3,(H2,21,25)(H,22,27)/t13-,14?,15-/m0/s1. The van der Waals surface area contributed by atoms with Crippen LogP contribution in [-0.2, 0) is 19.1 Å². The van der Waals surface area contributed by atoms with Crippen molar-refractivity contribution >= 4 is 23.7 Å². The normalized spacial score (nSPS) is 19.5. The lowest BCUT2D eigenvalue weighted by molar-refractivity contribution is -0.144. The van der Waals surface area contributed by atoms with E-state index in [0.29, 0.717) is 19.4 Å².